The molecule has 17 heavy (non-hydrogen) atoms. The minimum atomic E-state index is 0. The van der Waals surface area contributed by atoms with Gasteiger partial charge in [-0.1, -0.05) is 13.8 Å². The van der Waals surface area contributed by atoms with Gasteiger partial charge < -0.3 is 4.18 Å². The fourth-order valence-corrected chi connectivity index (χ4v) is 1.83. The van der Waals surface area contributed by atoms with E-state index in [1.165, 1.54) is 12.2 Å². The SMILES string of the molecule is CC(C)COSN(C)Cc1ccnc(Cl)n1.S. The average Bonchev–Trinajstić information content (AvgIpc) is 2.16. The fraction of sp³-hybridized carbons (Fsp3) is 0.600. The van der Waals surface area contributed by atoms with E-state index in [4.69, 9.17) is 15.8 Å². The molecule has 1 aromatic rings. The zero-order valence-electron chi connectivity index (χ0n) is 10.2. The summed E-state index contributed by atoms with van der Waals surface area (Å²) in [7, 11) is 1.95. The summed E-state index contributed by atoms with van der Waals surface area (Å²) in [4.78, 5) is 7.93. The third-order valence-electron chi connectivity index (χ3n) is 1.65. The molecule has 0 N–H and O–H groups in total. The van der Waals surface area contributed by atoms with E-state index < -0.39 is 0 Å². The number of aromatic nitrogens is 2. The van der Waals surface area contributed by atoms with Crippen molar-refractivity contribution in [3.63, 3.8) is 0 Å². The minimum absolute atomic E-state index is 0. The third kappa shape index (κ3) is 7.83. The van der Waals surface area contributed by atoms with E-state index in [1.807, 2.05) is 17.4 Å². The Balaban J connectivity index is 0.00000256. The molecule has 0 unspecified atom stereocenters. The molecule has 0 aliphatic heterocycles. The molecular weight excluding hydrogens is 278 g/mol. The van der Waals surface area contributed by atoms with Crippen LogP contribution in [-0.4, -0.2) is 27.9 Å². The van der Waals surface area contributed by atoms with Gasteiger partial charge in [-0.25, -0.2) is 14.3 Å². The third-order valence-corrected chi connectivity index (χ3v) is 2.46. The topological polar surface area (TPSA) is 38.2 Å². The molecule has 0 amide bonds. The molecule has 0 radical (unpaired) electrons. The Labute approximate surface area is 119 Å². The summed E-state index contributed by atoms with van der Waals surface area (Å²) in [6, 6.07) is 1.84. The molecule has 4 nitrogen and oxygen atoms in total. The van der Waals surface area contributed by atoms with Crippen LogP contribution in [0.3, 0.4) is 0 Å². The second-order valence-corrected chi connectivity index (χ2v) is 5.20. The molecule has 0 aliphatic rings. The zero-order chi connectivity index (χ0) is 12.0. The van der Waals surface area contributed by atoms with Gasteiger partial charge in [-0.15, -0.1) is 0 Å². The maximum absolute atomic E-state index is 5.70. The number of halogens is 1. The van der Waals surface area contributed by atoms with E-state index >= 15 is 0 Å². The number of hydrogen-bond acceptors (Lipinski definition) is 5. The smallest absolute Gasteiger partial charge is 0.222 e. The van der Waals surface area contributed by atoms with Crippen LogP contribution in [0.15, 0.2) is 12.3 Å². The molecule has 0 atom stereocenters. The molecule has 0 bridgehead atoms. The Bertz CT molecular complexity index is 328. The molecule has 1 heterocycles. The molecule has 1 rings (SSSR count). The second kappa shape index (κ2) is 8.99. The monoisotopic (exact) mass is 295 g/mol. The molecule has 0 saturated carbocycles. The molecule has 1 aromatic heterocycles. The van der Waals surface area contributed by atoms with Gasteiger partial charge in [0, 0.05) is 13.2 Å². The highest BCUT2D eigenvalue weighted by Gasteiger charge is 2.04. The van der Waals surface area contributed by atoms with Gasteiger partial charge in [0.05, 0.1) is 31.1 Å². The molecule has 0 spiro atoms. The largest absolute Gasteiger partial charge is 0.301 e. The van der Waals surface area contributed by atoms with E-state index in [2.05, 4.69) is 23.8 Å². The molecule has 98 valence electrons. The summed E-state index contributed by atoms with van der Waals surface area (Å²) in [5, 5.41) is 0.277. The molecule has 0 aromatic carbocycles. The molecular formula is C10H18ClN3OS2. The van der Waals surface area contributed by atoms with Crippen molar-refractivity contribution in [3.8, 4) is 0 Å². The summed E-state index contributed by atoms with van der Waals surface area (Å²) in [6.45, 7) is 5.64. The lowest BCUT2D eigenvalue weighted by Crippen LogP contribution is -2.12. The summed E-state index contributed by atoms with van der Waals surface area (Å²) in [5.41, 5.74) is 0.878. The Morgan fingerprint density at radius 1 is 1.53 bits per heavy atom. The first-order valence-electron chi connectivity index (χ1n) is 5.06. The minimum Gasteiger partial charge on any atom is -0.301 e. The van der Waals surface area contributed by atoms with Gasteiger partial charge in [0.15, 0.2) is 0 Å². The molecule has 7 heteroatoms. The van der Waals surface area contributed by atoms with Crippen molar-refractivity contribution in [2.75, 3.05) is 13.7 Å². The first kappa shape index (κ1) is 17.0. The number of hydrogen-bond donors (Lipinski definition) is 0. The fourth-order valence-electron chi connectivity index (χ4n) is 0.968. The van der Waals surface area contributed by atoms with Crippen LogP contribution in [0.1, 0.15) is 19.5 Å². The first-order valence-corrected chi connectivity index (χ1v) is 6.13. The van der Waals surface area contributed by atoms with E-state index in [9.17, 15) is 0 Å². The van der Waals surface area contributed by atoms with E-state index in [1.54, 1.807) is 6.20 Å². The van der Waals surface area contributed by atoms with Gasteiger partial charge in [0.25, 0.3) is 0 Å². The maximum Gasteiger partial charge on any atom is 0.222 e. The second-order valence-electron chi connectivity index (χ2n) is 3.86. The van der Waals surface area contributed by atoms with Crippen molar-refractivity contribution in [2.45, 2.75) is 20.4 Å². The van der Waals surface area contributed by atoms with Crippen LogP contribution in [0.5, 0.6) is 0 Å². The maximum atomic E-state index is 5.70. The van der Waals surface area contributed by atoms with Gasteiger partial charge in [-0.2, -0.15) is 13.5 Å². The summed E-state index contributed by atoms with van der Waals surface area (Å²) >= 11 is 7.03. The Hall–Kier alpha value is -0.0100. The van der Waals surface area contributed by atoms with Crippen LogP contribution >= 0.6 is 37.3 Å². The van der Waals surface area contributed by atoms with Gasteiger partial charge >= 0.3 is 0 Å². The zero-order valence-corrected chi connectivity index (χ0v) is 12.8. The highest BCUT2D eigenvalue weighted by atomic mass is 35.5. The predicted octanol–water partition coefficient (Wildman–Crippen LogP) is 2.91. The van der Waals surface area contributed by atoms with Gasteiger partial charge in [0.1, 0.15) is 0 Å². The first-order chi connectivity index (χ1) is 7.58. The van der Waals surface area contributed by atoms with Crippen LogP contribution in [0, 0.1) is 5.92 Å². The molecule has 0 fully saturated rings. The highest BCUT2D eigenvalue weighted by Crippen LogP contribution is 2.14. The Morgan fingerprint density at radius 2 is 2.24 bits per heavy atom. The van der Waals surface area contributed by atoms with E-state index in [-0.39, 0.29) is 18.8 Å². The number of rotatable bonds is 6. The highest BCUT2D eigenvalue weighted by molar-refractivity contribution is 7.92. The Kier molecular flexibility index (Phi) is 8.99. The standard InChI is InChI=1S/C10H16ClN3OS.H2S/c1-8(2)7-15-16-14(3)6-9-4-5-12-10(11)13-9;/h4-5,8H,6-7H2,1-3H3;1H2. The predicted molar refractivity (Wildman–Crippen MR) is 77.3 cm³/mol. The van der Waals surface area contributed by atoms with Crippen molar-refractivity contribution in [2.24, 2.45) is 5.92 Å². The van der Waals surface area contributed by atoms with Crippen molar-refractivity contribution in [1.29, 1.82) is 0 Å². The van der Waals surface area contributed by atoms with Crippen LogP contribution in [0.4, 0.5) is 0 Å². The lowest BCUT2D eigenvalue weighted by Gasteiger charge is -2.14. The van der Waals surface area contributed by atoms with E-state index in [0.29, 0.717) is 12.5 Å². The van der Waals surface area contributed by atoms with Crippen LogP contribution in [0.2, 0.25) is 5.28 Å². The normalized spacial score (nSPS) is 10.7. The van der Waals surface area contributed by atoms with Crippen LogP contribution in [0.25, 0.3) is 0 Å². The van der Waals surface area contributed by atoms with Crippen molar-refractivity contribution in [3.05, 3.63) is 23.2 Å². The van der Waals surface area contributed by atoms with Crippen molar-refractivity contribution in [1.82, 2.24) is 14.3 Å². The Morgan fingerprint density at radius 3 is 2.82 bits per heavy atom. The average molecular weight is 296 g/mol. The van der Waals surface area contributed by atoms with Crippen molar-refractivity contribution >= 4 is 37.3 Å². The summed E-state index contributed by atoms with van der Waals surface area (Å²) < 4.78 is 7.38. The van der Waals surface area contributed by atoms with Gasteiger partial charge in [0.2, 0.25) is 5.28 Å². The van der Waals surface area contributed by atoms with Gasteiger partial charge in [-0.3, -0.25) is 0 Å². The summed E-state index contributed by atoms with van der Waals surface area (Å²) in [5.74, 6) is 0.536. The number of nitrogens with zero attached hydrogens (tertiary/aromatic N) is 3. The van der Waals surface area contributed by atoms with Crippen LogP contribution < -0.4 is 0 Å². The quantitative estimate of drug-likeness (QED) is 0.458. The molecule has 0 aliphatic carbocycles. The van der Waals surface area contributed by atoms with Gasteiger partial charge in [-0.05, 0) is 23.6 Å². The lowest BCUT2D eigenvalue weighted by molar-refractivity contribution is 0.297. The lowest BCUT2D eigenvalue weighted by atomic mass is 10.2. The van der Waals surface area contributed by atoms with Crippen LogP contribution in [-0.2, 0) is 10.7 Å². The summed E-state index contributed by atoms with van der Waals surface area (Å²) in [6.07, 6.45) is 1.65. The van der Waals surface area contributed by atoms with E-state index in [0.717, 1.165) is 12.3 Å². The van der Waals surface area contributed by atoms with Crippen molar-refractivity contribution < 1.29 is 4.18 Å². The molecule has 0 saturated heterocycles.